The van der Waals surface area contributed by atoms with Crippen LogP contribution in [0.4, 0.5) is 11.4 Å². The Balaban J connectivity index is 1.81. The lowest BCUT2D eigenvalue weighted by Gasteiger charge is -2.28. The summed E-state index contributed by atoms with van der Waals surface area (Å²) in [6.45, 7) is 5.43. The smallest absolute Gasteiger partial charge is 0.294 e. The van der Waals surface area contributed by atoms with Crippen molar-refractivity contribution >= 4 is 29.1 Å². The van der Waals surface area contributed by atoms with E-state index in [1.54, 1.807) is 12.1 Å². The van der Waals surface area contributed by atoms with Crippen LogP contribution in [0, 0.1) is 10.1 Å². The minimum Gasteiger partial charge on any atom is -0.490 e. The van der Waals surface area contributed by atoms with Gasteiger partial charge in [-0.1, -0.05) is 0 Å². The summed E-state index contributed by atoms with van der Waals surface area (Å²) in [6.07, 6.45) is 0.220. The van der Waals surface area contributed by atoms with Gasteiger partial charge in [0.25, 0.3) is 5.09 Å². The van der Waals surface area contributed by atoms with Crippen molar-refractivity contribution in [3.05, 3.63) is 27.8 Å². The monoisotopic (exact) mass is 495 g/mol. The largest absolute Gasteiger partial charge is 0.490 e. The van der Waals surface area contributed by atoms with Gasteiger partial charge in [-0.3, -0.25) is 14.4 Å². The van der Waals surface area contributed by atoms with Gasteiger partial charge >= 0.3 is 0 Å². The number of anilines is 2. The zero-order chi connectivity index (χ0) is 26.0. The Morgan fingerprint density at radius 2 is 2.06 bits per heavy atom. The number of β-amino-alcohol motifs (C(OH)–C–C–N with tert-alkyl or cyclic N) is 1. The summed E-state index contributed by atoms with van der Waals surface area (Å²) < 4.78 is 5.81. The fraction of sp³-hybridized carbons (Fsp3) is 0.591. The van der Waals surface area contributed by atoms with Crippen LogP contribution in [0.15, 0.2) is 12.1 Å². The van der Waals surface area contributed by atoms with Gasteiger partial charge in [-0.25, -0.2) is 0 Å². The first kappa shape index (κ1) is 27.8. The van der Waals surface area contributed by atoms with Crippen LogP contribution >= 0.6 is 0 Å². The van der Waals surface area contributed by atoms with Gasteiger partial charge in [0, 0.05) is 44.0 Å². The molecular formula is C22H33N5O8. The molecule has 13 nitrogen and oxygen atoms in total. The maximum absolute atomic E-state index is 11.9. The zero-order valence-corrected chi connectivity index (χ0v) is 20.1. The van der Waals surface area contributed by atoms with Crippen LogP contribution in [0.1, 0.15) is 45.6 Å². The molecule has 0 radical (unpaired) electrons. The average Bonchev–Trinajstić information content (AvgIpc) is 2.78. The molecule has 0 fully saturated rings. The second kappa shape index (κ2) is 12.9. The van der Waals surface area contributed by atoms with E-state index in [9.17, 15) is 29.6 Å². The van der Waals surface area contributed by atoms with Gasteiger partial charge < -0.3 is 35.9 Å². The van der Waals surface area contributed by atoms with E-state index in [1.165, 1.54) is 6.92 Å². The van der Waals surface area contributed by atoms with Crippen LogP contribution in [-0.4, -0.2) is 65.9 Å². The number of aliphatic hydroxyl groups excluding tert-OH is 1. The van der Waals surface area contributed by atoms with Gasteiger partial charge in [0.15, 0.2) is 0 Å². The summed E-state index contributed by atoms with van der Waals surface area (Å²) >= 11 is 0. The van der Waals surface area contributed by atoms with E-state index in [0.717, 1.165) is 5.56 Å². The molecule has 194 valence electrons. The molecule has 3 amide bonds. The minimum absolute atomic E-state index is 0.00818. The summed E-state index contributed by atoms with van der Waals surface area (Å²) in [7, 11) is 0. The van der Waals surface area contributed by atoms with Crippen molar-refractivity contribution in [1.82, 2.24) is 10.6 Å². The molecule has 1 aliphatic heterocycles. The van der Waals surface area contributed by atoms with E-state index in [2.05, 4.69) is 26.1 Å². The molecule has 13 heteroatoms. The summed E-state index contributed by atoms with van der Waals surface area (Å²) in [5.74, 6) is -0.148. The number of hydrogen-bond acceptors (Lipinski definition) is 9. The van der Waals surface area contributed by atoms with Gasteiger partial charge in [-0.15, -0.1) is 10.1 Å². The summed E-state index contributed by atoms with van der Waals surface area (Å²) in [6, 6.07) is 3.33. The molecule has 0 aromatic heterocycles. The van der Waals surface area contributed by atoms with Crippen LogP contribution in [0.5, 0.6) is 5.75 Å². The van der Waals surface area contributed by atoms with E-state index < -0.39 is 16.7 Å². The molecule has 1 unspecified atom stereocenters. The first-order valence-electron chi connectivity index (χ1n) is 11.3. The van der Waals surface area contributed by atoms with E-state index in [1.807, 2.05) is 13.8 Å². The highest BCUT2D eigenvalue weighted by Gasteiger charge is 2.24. The van der Waals surface area contributed by atoms with Crippen LogP contribution in [0.3, 0.4) is 0 Å². The Hall–Kier alpha value is -3.45. The van der Waals surface area contributed by atoms with E-state index in [-0.39, 0.29) is 56.9 Å². The van der Waals surface area contributed by atoms with Gasteiger partial charge in [0.1, 0.15) is 18.5 Å². The van der Waals surface area contributed by atoms with Crippen LogP contribution in [-0.2, 0) is 25.6 Å². The average molecular weight is 496 g/mol. The van der Waals surface area contributed by atoms with Crippen molar-refractivity contribution in [3.8, 4) is 5.75 Å². The molecule has 1 aliphatic rings. The highest BCUT2D eigenvalue weighted by Crippen LogP contribution is 2.37. The number of fused-ring (bicyclic) bond motifs is 1. The van der Waals surface area contributed by atoms with Gasteiger partial charge in [0.2, 0.25) is 17.7 Å². The third-order valence-corrected chi connectivity index (χ3v) is 5.17. The third-order valence-electron chi connectivity index (χ3n) is 5.17. The summed E-state index contributed by atoms with van der Waals surface area (Å²) in [4.78, 5) is 49.4. The molecule has 0 bridgehead atoms. The Morgan fingerprint density at radius 1 is 1.31 bits per heavy atom. The van der Waals surface area contributed by atoms with Crippen LogP contribution in [0.25, 0.3) is 0 Å². The second-order valence-corrected chi connectivity index (χ2v) is 8.86. The third kappa shape index (κ3) is 9.74. The Kier molecular flexibility index (Phi) is 10.2. The number of hydrogen-bond donors (Lipinski definition) is 5. The molecule has 0 saturated heterocycles. The molecule has 1 aromatic carbocycles. The normalized spacial score (nSPS) is 13.8. The van der Waals surface area contributed by atoms with Crippen molar-refractivity contribution in [2.45, 2.75) is 58.1 Å². The Labute approximate surface area is 203 Å². The molecule has 35 heavy (non-hydrogen) atoms. The van der Waals surface area contributed by atoms with Crippen molar-refractivity contribution in [2.24, 2.45) is 0 Å². The molecule has 0 spiro atoms. The zero-order valence-electron chi connectivity index (χ0n) is 20.1. The Morgan fingerprint density at radius 3 is 2.74 bits per heavy atom. The molecule has 0 aliphatic carbocycles. The number of benzene rings is 1. The van der Waals surface area contributed by atoms with Gasteiger partial charge in [-0.2, -0.15) is 0 Å². The van der Waals surface area contributed by atoms with Crippen LogP contribution in [0.2, 0.25) is 0 Å². The summed E-state index contributed by atoms with van der Waals surface area (Å²) in [5.41, 5.74) is 1.22. The molecule has 1 atom stereocenters. The summed E-state index contributed by atoms with van der Waals surface area (Å²) in [5, 5.41) is 31.0. The topological polar surface area (TPSA) is 181 Å². The maximum atomic E-state index is 11.9. The standard InChI is InChI=1S/C22H33N5O8/c1-14(28)25-17-7-8-18(16-6-9-20(31)26-21(16)17)34-12-15(29)11-24-22(2,3)13-23-19(30)5-4-10-35-27(32)33/h7-8,15,24,29H,4-6,9-13H2,1-3H3,(H,23,30)(H,25,28)(H,26,31). The van der Waals surface area contributed by atoms with E-state index in [4.69, 9.17) is 4.74 Å². The predicted octanol–water partition coefficient (Wildman–Crippen LogP) is 0.742. The SMILES string of the molecule is CC(=O)Nc1ccc(OCC(O)CNC(C)(C)CNC(=O)CCCO[N+](=O)[O-])c2c1NC(=O)CC2. The molecule has 0 saturated carbocycles. The van der Waals surface area contributed by atoms with Crippen molar-refractivity contribution in [3.63, 3.8) is 0 Å². The van der Waals surface area contributed by atoms with Crippen molar-refractivity contribution in [2.75, 3.05) is 36.9 Å². The molecule has 5 N–H and O–H groups in total. The quantitative estimate of drug-likeness (QED) is 0.141. The fourth-order valence-electron chi connectivity index (χ4n) is 3.37. The lowest BCUT2D eigenvalue weighted by Crippen LogP contribution is -2.51. The fourth-order valence-corrected chi connectivity index (χ4v) is 3.37. The van der Waals surface area contributed by atoms with Crippen molar-refractivity contribution in [1.29, 1.82) is 0 Å². The number of ether oxygens (including phenoxy) is 1. The van der Waals surface area contributed by atoms with Crippen LogP contribution < -0.4 is 26.0 Å². The molecular weight excluding hydrogens is 462 g/mol. The lowest BCUT2D eigenvalue weighted by molar-refractivity contribution is -0.757. The number of nitrogens with one attached hydrogen (secondary N) is 4. The molecule has 1 heterocycles. The number of rotatable bonds is 14. The minimum atomic E-state index is -0.895. The number of aliphatic hydroxyl groups is 1. The first-order chi connectivity index (χ1) is 16.5. The Bertz CT molecular complexity index is 937. The highest BCUT2D eigenvalue weighted by molar-refractivity contribution is 6.02. The van der Waals surface area contributed by atoms with Crippen molar-refractivity contribution < 1.29 is 34.2 Å². The first-order valence-corrected chi connectivity index (χ1v) is 11.3. The van der Waals surface area contributed by atoms with E-state index in [0.29, 0.717) is 30.0 Å². The highest BCUT2D eigenvalue weighted by atomic mass is 16.9. The second-order valence-electron chi connectivity index (χ2n) is 8.86. The van der Waals surface area contributed by atoms with Gasteiger partial charge in [0.05, 0.1) is 18.0 Å². The number of carbonyl (C=O) groups excluding carboxylic acids is 3. The number of carbonyl (C=O) groups is 3. The van der Waals surface area contributed by atoms with Gasteiger partial charge in [-0.05, 0) is 38.8 Å². The maximum Gasteiger partial charge on any atom is 0.294 e. The van der Waals surface area contributed by atoms with E-state index >= 15 is 0 Å². The number of amides is 3. The molecule has 2 rings (SSSR count). The predicted molar refractivity (Wildman–Crippen MR) is 126 cm³/mol. The number of nitrogens with zero attached hydrogens (tertiary/aromatic N) is 1. The lowest BCUT2D eigenvalue weighted by atomic mass is 10.0. The molecule has 1 aromatic rings.